The third-order valence-electron chi connectivity index (χ3n) is 6.24. The molecule has 0 spiro atoms. The van der Waals surface area contributed by atoms with Gasteiger partial charge < -0.3 is 24.4 Å². The molecule has 1 heterocycles. The molecule has 1 N–H and O–H groups in total. The van der Waals surface area contributed by atoms with E-state index in [9.17, 15) is 18.0 Å². The Kier molecular flexibility index (Phi) is 9.43. The summed E-state index contributed by atoms with van der Waals surface area (Å²) in [5.74, 6) is -0.408. The molecule has 0 aromatic heterocycles. The van der Waals surface area contributed by atoms with Crippen molar-refractivity contribution in [1.29, 1.82) is 0 Å². The van der Waals surface area contributed by atoms with Crippen LogP contribution >= 0.6 is 0 Å². The molecular weight excluding hydrogens is 508 g/mol. The number of anilines is 1. The van der Waals surface area contributed by atoms with E-state index < -0.39 is 26.2 Å². The number of hydrogen-bond donors (Lipinski definition) is 1. The van der Waals surface area contributed by atoms with E-state index in [1.54, 1.807) is 45.0 Å². The second-order valence-electron chi connectivity index (χ2n) is 10.5. The fraction of sp³-hybridized carbons (Fsp3) is 0.500. The van der Waals surface area contributed by atoms with E-state index in [0.29, 0.717) is 30.9 Å². The van der Waals surface area contributed by atoms with Gasteiger partial charge in [-0.25, -0.2) is 8.42 Å². The molecule has 1 fully saturated rings. The minimum Gasteiger partial charge on any atom is -0.494 e. The zero-order valence-electron chi connectivity index (χ0n) is 22.8. The Morgan fingerprint density at radius 2 is 1.61 bits per heavy atom. The van der Waals surface area contributed by atoms with Gasteiger partial charge >= 0.3 is 5.97 Å². The fourth-order valence-corrected chi connectivity index (χ4v) is 5.98. The molecule has 1 aliphatic heterocycles. The van der Waals surface area contributed by atoms with Gasteiger partial charge in [0.1, 0.15) is 11.4 Å². The van der Waals surface area contributed by atoms with Gasteiger partial charge in [-0.15, -0.1) is 0 Å². The van der Waals surface area contributed by atoms with Crippen molar-refractivity contribution in [3.05, 3.63) is 54.1 Å². The van der Waals surface area contributed by atoms with Gasteiger partial charge in [0.05, 0.1) is 11.5 Å². The summed E-state index contributed by atoms with van der Waals surface area (Å²) in [6, 6.07) is 13.4. The SMILES string of the molecule is CN(C)c1ccc(C(=O)NCCCOc2ccc(S(=O)(=O)C3(C(=O)OC(C)(C)C)CCOCC3)cc2)cc1. The summed E-state index contributed by atoms with van der Waals surface area (Å²) in [7, 11) is -0.167. The van der Waals surface area contributed by atoms with Gasteiger partial charge in [0.15, 0.2) is 14.6 Å². The Balaban J connectivity index is 1.56. The van der Waals surface area contributed by atoms with Gasteiger partial charge in [0, 0.05) is 57.9 Å². The first-order valence-electron chi connectivity index (χ1n) is 12.7. The fourth-order valence-electron chi connectivity index (χ4n) is 4.07. The number of hydrogen-bond acceptors (Lipinski definition) is 8. The van der Waals surface area contributed by atoms with Gasteiger partial charge in [-0.2, -0.15) is 0 Å². The molecule has 1 aliphatic rings. The number of esters is 1. The number of ether oxygens (including phenoxy) is 3. The molecule has 0 unspecified atom stereocenters. The smallest absolute Gasteiger partial charge is 0.328 e. The summed E-state index contributed by atoms with van der Waals surface area (Å²) >= 11 is 0. The molecule has 2 aromatic rings. The summed E-state index contributed by atoms with van der Waals surface area (Å²) in [5.41, 5.74) is 0.787. The molecule has 0 atom stereocenters. The van der Waals surface area contributed by atoms with Crippen molar-refractivity contribution in [2.75, 3.05) is 45.4 Å². The zero-order valence-corrected chi connectivity index (χ0v) is 23.6. The number of rotatable bonds is 10. The second kappa shape index (κ2) is 12.2. The molecule has 10 heteroatoms. The number of benzene rings is 2. The first kappa shape index (κ1) is 29.4. The maximum Gasteiger partial charge on any atom is 0.328 e. The molecule has 1 amide bonds. The highest BCUT2D eigenvalue weighted by Crippen LogP contribution is 2.37. The normalized spacial score (nSPS) is 15.4. The van der Waals surface area contributed by atoms with Crippen LogP contribution in [0.25, 0.3) is 0 Å². The molecule has 3 rings (SSSR count). The largest absolute Gasteiger partial charge is 0.494 e. The Morgan fingerprint density at radius 1 is 1.00 bits per heavy atom. The Hall–Kier alpha value is -3.11. The van der Waals surface area contributed by atoms with E-state index in [-0.39, 0.29) is 36.9 Å². The highest BCUT2D eigenvalue weighted by atomic mass is 32.2. The molecule has 0 bridgehead atoms. The number of amides is 1. The van der Waals surface area contributed by atoms with Crippen LogP contribution in [0.2, 0.25) is 0 Å². The lowest BCUT2D eigenvalue weighted by Gasteiger charge is -2.36. The highest BCUT2D eigenvalue weighted by Gasteiger charge is 2.54. The number of sulfone groups is 1. The highest BCUT2D eigenvalue weighted by molar-refractivity contribution is 7.93. The topological polar surface area (TPSA) is 111 Å². The summed E-state index contributed by atoms with van der Waals surface area (Å²) in [4.78, 5) is 27.4. The van der Waals surface area contributed by atoms with Crippen molar-refractivity contribution in [3.63, 3.8) is 0 Å². The lowest BCUT2D eigenvalue weighted by molar-refractivity contribution is -0.160. The molecule has 2 aromatic carbocycles. The lowest BCUT2D eigenvalue weighted by Crippen LogP contribution is -2.53. The second-order valence-corrected chi connectivity index (χ2v) is 12.7. The monoisotopic (exact) mass is 546 g/mol. The quantitative estimate of drug-likeness (QED) is 0.355. The lowest BCUT2D eigenvalue weighted by atomic mass is 9.99. The average Bonchev–Trinajstić information content (AvgIpc) is 2.88. The van der Waals surface area contributed by atoms with E-state index in [4.69, 9.17) is 14.2 Å². The van der Waals surface area contributed by atoms with Gasteiger partial charge in [0.2, 0.25) is 0 Å². The van der Waals surface area contributed by atoms with E-state index >= 15 is 0 Å². The number of nitrogens with zero attached hydrogens (tertiary/aromatic N) is 1. The predicted octanol–water partition coefficient (Wildman–Crippen LogP) is 3.62. The van der Waals surface area contributed by atoms with Gasteiger partial charge in [-0.05, 0) is 75.7 Å². The maximum atomic E-state index is 13.6. The Bertz CT molecular complexity index is 1200. The van der Waals surface area contributed by atoms with E-state index in [0.717, 1.165) is 5.69 Å². The van der Waals surface area contributed by atoms with Gasteiger partial charge in [-0.3, -0.25) is 9.59 Å². The Morgan fingerprint density at radius 3 is 2.16 bits per heavy atom. The third-order valence-corrected chi connectivity index (χ3v) is 8.74. The first-order chi connectivity index (χ1) is 17.9. The summed E-state index contributed by atoms with van der Waals surface area (Å²) in [6.45, 7) is 6.24. The average molecular weight is 547 g/mol. The van der Waals surface area contributed by atoms with Crippen LogP contribution in [-0.2, 0) is 24.1 Å². The van der Waals surface area contributed by atoms with Crippen LogP contribution in [0.3, 0.4) is 0 Å². The molecule has 0 radical (unpaired) electrons. The van der Waals surface area contributed by atoms with Crippen LogP contribution in [0.15, 0.2) is 53.4 Å². The van der Waals surface area contributed by atoms with Crippen molar-refractivity contribution in [3.8, 4) is 5.75 Å². The standard InChI is InChI=1S/C28H38N2O7S/c1-27(2,3)37-26(32)28(15-19-35-20-16-28)38(33,34)24-13-11-23(12-14-24)36-18-6-17-29-25(31)21-7-9-22(10-8-21)30(4)5/h7-14H,6,15-20H2,1-5H3,(H,29,31). The van der Waals surface area contributed by atoms with Crippen molar-refractivity contribution >= 4 is 27.4 Å². The van der Waals surface area contributed by atoms with E-state index in [1.165, 1.54) is 12.1 Å². The van der Waals surface area contributed by atoms with Crippen LogP contribution in [-0.4, -0.2) is 71.1 Å². The first-order valence-corrected chi connectivity index (χ1v) is 14.2. The third kappa shape index (κ3) is 7.05. The van der Waals surface area contributed by atoms with Crippen molar-refractivity contribution in [2.24, 2.45) is 0 Å². The maximum absolute atomic E-state index is 13.6. The van der Waals surface area contributed by atoms with Crippen LogP contribution in [0.1, 0.15) is 50.4 Å². The molecule has 1 saturated heterocycles. The molecule has 0 saturated carbocycles. The van der Waals surface area contributed by atoms with E-state index in [1.807, 2.05) is 31.1 Å². The van der Waals surface area contributed by atoms with Gasteiger partial charge in [-0.1, -0.05) is 0 Å². The summed E-state index contributed by atoms with van der Waals surface area (Å²) in [6.07, 6.45) is 0.644. The molecule has 9 nitrogen and oxygen atoms in total. The van der Waals surface area contributed by atoms with Crippen molar-refractivity contribution < 1.29 is 32.2 Å². The van der Waals surface area contributed by atoms with Crippen LogP contribution in [0.5, 0.6) is 5.75 Å². The van der Waals surface area contributed by atoms with Gasteiger partial charge in [0.25, 0.3) is 5.91 Å². The number of carbonyl (C=O) groups excluding carboxylic acids is 2. The van der Waals surface area contributed by atoms with Crippen LogP contribution in [0.4, 0.5) is 5.69 Å². The van der Waals surface area contributed by atoms with Crippen molar-refractivity contribution in [2.45, 2.75) is 55.3 Å². The van der Waals surface area contributed by atoms with Crippen molar-refractivity contribution in [1.82, 2.24) is 5.32 Å². The number of carbonyl (C=O) groups is 2. The molecule has 0 aliphatic carbocycles. The van der Waals surface area contributed by atoms with Crippen LogP contribution in [0, 0.1) is 0 Å². The summed E-state index contributed by atoms with van der Waals surface area (Å²) < 4.78 is 42.2. The zero-order chi connectivity index (χ0) is 28.0. The summed E-state index contributed by atoms with van der Waals surface area (Å²) in [5, 5.41) is 2.86. The minimum absolute atomic E-state index is 0.0326. The minimum atomic E-state index is -4.04. The predicted molar refractivity (Wildman–Crippen MR) is 145 cm³/mol. The molecular formula is C28H38N2O7S. The molecule has 38 heavy (non-hydrogen) atoms. The van der Waals surface area contributed by atoms with Crippen LogP contribution < -0.4 is 15.0 Å². The van der Waals surface area contributed by atoms with E-state index in [2.05, 4.69) is 5.32 Å². The molecule has 208 valence electrons. The Labute approximate surface area is 225 Å². The number of nitrogens with one attached hydrogen (secondary N) is 1.